The number of nitrogens with two attached hydrogens (primary N) is 1. The molecule has 119 valence electrons. The summed E-state index contributed by atoms with van der Waals surface area (Å²) < 4.78 is 0. The van der Waals surface area contributed by atoms with Gasteiger partial charge in [-0.1, -0.05) is 40.0 Å². The molecule has 2 nitrogen and oxygen atoms in total. The smallest absolute Gasteiger partial charge is 0.122 e. The van der Waals surface area contributed by atoms with Gasteiger partial charge in [0.2, 0.25) is 0 Å². The van der Waals surface area contributed by atoms with Crippen molar-refractivity contribution >= 4 is 0 Å². The first-order valence-corrected chi connectivity index (χ1v) is 8.67. The van der Waals surface area contributed by atoms with E-state index in [2.05, 4.69) is 26.8 Å². The summed E-state index contributed by atoms with van der Waals surface area (Å²) in [4.78, 5) is 0. The van der Waals surface area contributed by atoms with E-state index in [1.54, 1.807) is 0 Å². The van der Waals surface area contributed by atoms with Gasteiger partial charge in [0.25, 0.3) is 0 Å². The van der Waals surface area contributed by atoms with Crippen molar-refractivity contribution in [2.75, 3.05) is 0 Å². The number of aromatic hydroxyl groups is 1. The van der Waals surface area contributed by atoms with E-state index in [9.17, 15) is 5.11 Å². The summed E-state index contributed by atoms with van der Waals surface area (Å²) in [6.07, 6.45) is 9.68. The van der Waals surface area contributed by atoms with E-state index in [4.69, 9.17) is 5.73 Å². The molecule has 0 spiro atoms. The van der Waals surface area contributed by atoms with Crippen molar-refractivity contribution in [3.05, 3.63) is 28.3 Å². The van der Waals surface area contributed by atoms with Gasteiger partial charge in [0.1, 0.15) is 5.75 Å². The maximum absolute atomic E-state index is 10.8. The van der Waals surface area contributed by atoms with Crippen LogP contribution in [0.4, 0.5) is 0 Å². The molecule has 1 aromatic carbocycles. The largest absolute Gasteiger partial charge is 0.507 e. The first-order chi connectivity index (χ1) is 10.2. The number of phenols is 1. The van der Waals surface area contributed by atoms with Crippen molar-refractivity contribution in [2.24, 2.45) is 5.73 Å². The minimum atomic E-state index is 0.472. The first kappa shape index (κ1) is 18.0. The van der Waals surface area contributed by atoms with E-state index in [0.717, 1.165) is 74.5 Å². The van der Waals surface area contributed by atoms with Gasteiger partial charge in [0.15, 0.2) is 0 Å². The lowest BCUT2D eigenvalue weighted by Gasteiger charge is -2.18. The normalized spacial score (nSPS) is 11.0. The second-order valence-electron chi connectivity index (χ2n) is 5.90. The van der Waals surface area contributed by atoms with E-state index in [1.807, 2.05) is 0 Å². The lowest BCUT2D eigenvalue weighted by Crippen LogP contribution is -2.08. The van der Waals surface area contributed by atoms with Gasteiger partial charge in [-0.25, -0.2) is 0 Å². The van der Waals surface area contributed by atoms with Gasteiger partial charge in [-0.15, -0.1) is 0 Å². The van der Waals surface area contributed by atoms with Crippen LogP contribution in [0.2, 0.25) is 0 Å². The standard InChI is InChI=1S/C19H32NO/c1-4-7-10-15-13-16(14-20)18(12-9-6-3)19(21)17(15)11-8-5-2/h21H,4-12,14,20H2,1-3H3. The number of rotatable bonds is 10. The molecule has 0 heterocycles. The molecule has 0 fully saturated rings. The quantitative estimate of drug-likeness (QED) is 0.657. The molecule has 0 saturated heterocycles. The highest BCUT2D eigenvalue weighted by Crippen LogP contribution is 2.32. The van der Waals surface area contributed by atoms with E-state index in [1.165, 1.54) is 5.56 Å². The van der Waals surface area contributed by atoms with Crippen LogP contribution in [0.5, 0.6) is 5.75 Å². The zero-order chi connectivity index (χ0) is 15.7. The van der Waals surface area contributed by atoms with Gasteiger partial charge >= 0.3 is 0 Å². The fourth-order valence-electron chi connectivity index (χ4n) is 2.79. The van der Waals surface area contributed by atoms with Crippen LogP contribution in [-0.4, -0.2) is 5.11 Å². The van der Waals surface area contributed by atoms with Crippen molar-refractivity contribution in [1.29, 1.82) is 0 Å². The molecule has 0 atom stereocenters. The molecule has 0 amide bonds. The zero-order valence-corrected chi connectivity index (χ0v) is 14.1. The molecule has 0 aliphatic carbocycles. The number of phenolic OH excluding ortho intramolecular Hbond substituents is 1. The third-order valence-electron chi connectivity index (χ3n) is 4.15. The molecule has 0 aromatic heterocycles. The second kappa shape index (κ2) is 9.83. The fourth-order valence-corrected chi connectivity index (χ4v) is 2.79. The molecule has 3 N–H and O–H groups in total. The molecular formula is C19H32NO. The highest BCUT2D eigenvalue weighted by molar-refractivity contribution is 5.50. The summed E-state index contributed by atoms with van der Waals surface area (Å²) in [6.45, 7) is 7.04. The average molecular weight is 290 g/mol. The van der Waals surface area contributed by atoms with E-state index < -0.39 is 0 Å². The molecule has 0 unspecified atom stereocenters. The Morgan fingerprint density at radius 1 is 0.810 bits per heavy atom. The van der Waals surface area contributed by atoms with Gasteiger partial charge in [-0.3, -0.25) is 0 Å². The highest BCUT2D eigenvalue weighted by Gasteiger charge is 2.16. The van der Waals surface area contributed by atoms with Gasteiger partial charge in [0, 0.05) is 6.54 Å². The highest BCUT2D eigenvalue weighted by atomic mass is 16.3. The van der Waals surface area contributed by atoms with Crippen LogP contribution < -0.4 is 5.73 Å². The second-order valence-corrected chi connectivity index (χ2v) is 5.90. The van der Waals surface area contributed by atoms with Crippen molar-refractivity contribution in [3.63, 3.8) is 0 Å². The maximum Gasteiger partial charge on any atom is 0.122 e. The molecule has 1 aromatic rings. The van der Waals surface area contributed by atoms with Crippen LogP contribution in [0.15, 0.2) is 0 Å². The third-order valence-corrected chi connectivity index (χ3v) is 4.15. The number of aryl methyl sites for hydroxylation is 1. The molecule has 21 heavy (non-hydrogen) atoms. The Balaban J connectivity index is 3.19. The van der Waals surface area contributed by atoms with Crippen LogP contribution in [-0.2, 0) is 25.8 Å². The minimum Gasteiger partial charge on any atom is -0.507 e. The summed E-state index contributed by atoms with van der Waals surface area (Å²) >= 11 is 0. The third kappa shape index (κ3) is 5.03. The number of benzene rings is 1. The molecule has 1 radical (unpaired) electrons. The maximum atomic E-state index is 10.8. The molecule has 0 saturated carbocycles. The van der Waals surface area contributed by atoms with Crippen LogP contribution in [0.3, 0.4) is 0 Å². The fraction of sp³-hybridized carbons (Fsp3) is 0.684. The number of unbranched alkanes of at least 4 members (excludes halogenated alkanes) is 3. The zero-order valence-electron chi connectivity index (χ0n) is 14.1. The molecule has 0 aliphatic rings. The van der Waals surface area contributed by atoms with Crippen LogP contribution in [0.25, 0.3) is 0 Å². The molecule has 1 rings (SSSR count). The Morgan fingerprint density at radius 3 is 1.76 bits per heavy atom. The van der Waals surface area contributed by atoms with Crippen LogP contribution in [0, 0.1) is 6.07 Å². The molecule has 2 heteroatoms. The van der Waals surface area contributed by atoms with Gasteiger partial charge < -0.3 is 10.8 Å². The van der Waals surface area contributed by atoms with E-state index in [-0.39, 0.29) is 0 Å². The topological polar surface area (TPSA) is 46.2 Å². The summed E-state index contributed by atoms with van der Waals surface area (Å²) in [6, 6.07) is 3.54. The van der Waals surface area contributed by atoms with Crippen molar-refractivity contribution in [3.8, 4) is 5.75 Å². The predicted molar refractivity (Wildman–Crippen MR) is 90.7 cm³/mol. The average Bonchev–Trinajstić information content (AvgIpc) is 2.50. The predicted octanol–water partition coefficient (Wildman–Crippen LogP) is 4.68. The molecular weight excluding hydrogens is 258 g/mol. The lowest BCUT2D eigenvalue weighted by atomic mass is 9.89. The minimum absolute atomic E-state index is 0.472. The SMILES string of the molecule is CCCCc1[c]c(CN)c(CCCC)c(O)c1CCCC. The van der Waals surface area contributed by atoms with Gasteiger partial charge in [-0.05, 0) is 66.8 Å². The Labute approximate surface area is 130 Å². The Kier molecular flexibility index (Phi) is 8.44. The summed E-state index contributed by atoms with van der Waals surface area (Å²) in [5.74, 6) is 0.516. The lowest BCUT2D eigenvalue weighted by molar-refractivity contribution is 0.455. The Morgan fingerprint density at radius 2 is 1.29 bits per heavy atom. The molecule has 0 bridgehead atoms. The summed E-state index contributed by atoms with van der Waals surface area (Å²) in [5.41, 5.74) is 10.3. The van der Waals surface area contributed by atoms with Crippen molar-refractivity contribution in [1.82, 2.24) is 0 Å². The summed E-state index contributed by atoms with van der Waals surface area (Å²) in [5, 5.41) is 10.8. The van der Waals surface area contributed by atoms with Gasteiger partial charge in [-0.2, -0.15) is 0 Å². The monoisotopic (exact) mass is 290 g/mol. The number of hydrogen-bond donors (Lipinski definition) is 2. The summed E-state index contributed by atoms with van der Waals surface area (Å²) in [7, 11) is 0. The van der Waals surface area contributed by atoms with Crippen molar-refractivity contribution < 1.29 is 5.11 Å². The number of hydrogen-bond acceptors (Lipinski definition) is 2. The van der Waals surface area contributed by atoms with Gasteiger partial charge in [0.05, 0.1) is 0 Å². The van der Waals surface area contributed by atoms with Crippen LogP contribution >= 0.6 is 0 Å². The van der Waals surface area contributed by atoms with Crippen molar-refractivity contribution in [2.45, 2.75) is 85.1 Å². The first-order valence-electron chi connectivity index (χ1n) is 8.67. The Hall–Kier alpha value is -1.02. The Bertz CT molecular complexity index is 426. The van der Waals surface area contributed by atoms with Crippen LogP contribution in [0.1, 0.15) is 81.5 Å². The van der Waals surface area contributed by atoms with E-state index >= 15 is 0 Å². The molecule has 0 aliphatic heterocycles. The van der Waals surface area contributed by atoms with E-state index in [0.29, 0.717) is 12.3 Å².